The molecule has 0 spiro atoms. The Kier molecular flexibility index (Phi) is 2.92. The first-order valence-electron chi connectivity index (χ1n) is 3.64. The number of nitrogens with two attached hydrogens (primary N) is 1. The fourth-order valence-electron chi connectivity index (χ4n) is 0.911. The molecule has 1 aromatic carbocycles. The largest absolute Gasteiger partial charge is 0.395 e. The van der Waals surface area contributed by atoms with Gasteiger partial charge >= 0.3 is 0 Å². The maximum Gasteiger partial charge on any atom is 0.162 e. The van der Waals surface area contributed by atoms with E-state index >= 15 is 0 Å². The van der Waals surface area contributed by atoms with Crippen LogP contribution >= 0.6 is 15.9 Å². The Morgan fingerprint density at radius 2 is 2.25 bits per heavy atom. The topological polar surface area (TPSA) is 38.0 Å². The first kappa shape index (κ1) is 9.32. The average Bonchev–Trinajstić information content (AvgIpc) is 2.07. The highest BCUT2D eigenvalue weighted by atomic mass is 79.9. The van der Waals surface area contributed by atoms with Crippen LogP contribution in [0.5, 0.6) is 0 Å². The summed E-state index contributed by atoms with van der Waals surface area (Å²) in [7, 11) is 0. The van der Waals surface area contributed by atoms with Crippen molar-refractivity contribution in [3.05, 3.63) is 22.4 Å². The van der Waals surface area contributed by atoms with Crippen molar-refractivity contribution >= 4 is 27.3 Å². The molecule has 0 bridgehead atoms. The molecule has 0 aliphatic carbocycles. The van der Waals surface area contributed by atoms with Crippen molar-refractivity contribution in [1.29, 1.82) is 0 Å². The zero-order chi connectivity index (χ0) is 9.14. The van der Waals surface area contributed by atoms with Gasteiger partial charge in [0.15, 0.2) is 5.82 Å². The minimum atomic E-state index is -0.409. The SMILES string of the molecule is CCNc1ccc(Br)c(F)c1N. The number of anilines is 2. The van der Waals surface area contributed by atoms with E-state index in [1.165, 1.54) is 0 Å². The Morgan fingerprint density at radius 3 is 2.83 bits per heavy atom. The van der Waals surface area contributed by atoms with Gasteiger partial charge in [0.05, 0.1) is 15.8 Å². The van der Waals surface area contributed by atoms with Crippen LogP contribution in [0.15, 0.2) is 16.6 Å². The van der Waals surface area contributed by atoms with Gasteiger partial charge in [0.25, 0.3) is 0 Å². The van der Waals surface area contributed by atoms with Crippen LogP contribution in [0, 0.1) is 5.82 Å². The number of halogens is 2. The third-order valence-electron chi connectivity index (χ3n) is 1.50. The van der Waals surface area contributed by atoms with Crippen LogP contribution in [0.25, 0.3) is 0 Å². The van der Waals surface area contributed by atoms with Crippen molar-refractivity contribution in [3.63, 3.8) is 0 Å². The van der Waals surface area contributed by atoms with E-state index < -0.39 is 5.82 Å². The molecule has 1 rings (SSSR count). The smallest absolute Gasteiger partial charge is 0.162 e. The van der Waals surface area contributed by atoms with E-state index in [0.29, 0.717) is 10.2 Å². The lowest BCUT2D eigenvalue weighted by atomic mass is 10.2. The van der Waals surface area contributed by atoms with Gasteiger partial charge in [0.1, 0.15) is 0 Å². The Bertz CT molecular complexity index is 289. The molecule has 0 aliphatic rings. The second-order valence-electron chi connectivity index (χ2n) is 2.35. The molecule has 0 amide bonds. The van der Waals surface area contributed by atoms with Crippen molar-refractivity contribution in [3.8, 4) is 0 Å². The minimum absolute atomic E-state index is 0.159. The fourth-order valence-corrected chi connectivity index (χ4v) is 1.26. The second kappa shape index (κ2) is 3.76. The van der Waals surface area contributed by atoms with Crippen LogP contribution in [-0.4, -0.2) is 6.54 Å². The predicted molar refractivity (Wildman–Crippen MR) is 52.7 cm³/mol. The Morgan fingerprint density at radius 1 is 1.58 bits per heavy atom. The van der Waals surface area contributed by atoms with Gasteiger partial charge in [-0.2, -0.15) is 0 Å². The normalized spacial score (nSPS) is 9.92. The molecule has 0 atom stereocenters. The molecule has 0 aliphatic heterocycles. The summed E-state index contributed by atoms with van der Waals surface area (Å²) in [6, 6.07) is 3.37. The molecule has 0 unspecified atom stereocenters. The Balaban J connectivity index is 3.08. The van der Waals surface area contributed by atoms with E-state index in [-0.39, 0.29) is 5.69 Å². The molecule has 0 fully saturated rings. The summed E-state index contributed by atoms with van der Waals surface area (Å²) in [5.74, 6) is -0.409. The van der Waals surface area contributed by atoms with Crippen LogP contribution in [0.3, 0.4) is 0 Å². The maximum atomic E-state index is 13.1. The molecular formula is C8H10BrFN2. The third kappa shape index (κ3) is 1.69. The van der Waals surface area contributed by atoms with Crippen LogP contribution in [0.1, 0.15) is 6.92 Å². The standard InChI is InChI=1S/C8H10BrFN2/c1-2-12-6-4-3-5(9)7(10)8(6)11/h3-4,12H,2,11H2,1H3. The summed E-state index contributed by atoms with van der Waals surface area (Å²) in [6.45, 7) is 2.66. The molecule has 1 aromatic rings. The first-order valence-corrected chi connectivity index (χ1v) is 4.43. The van der Waals surface area contributed by atoms with E-state index in [1.54, 1.807) is 12.1 Å². The third-order valence-corrected chi connectivity index (χ3v) is 2.11. The molecule has 2 nitrogen and oxygen atoms in total. The quantitative estimate of drug-likeness (QED) is 0.770. The molecule has 3 N–H and O–H groups in total. The van der Waals surface area contributed by atoms with Crippen LogP contribution in [-0.2, 0) is 0 Å². The summed E-state index contributed by atoms with van der Waals surface area (Å²) in [5.41, 5.74) is 6.30. The van der Waals surface area contributed by atoms with E-state index in [9.17, 15) is 4.39 Å². The highest BCUT2D eigenvalue weighted by molar-refractivity contribution is 9.10. The number of benzene rings is 1. The van der Waals surface area contributed by atoms with Gasteiger partial charge in [-0.05, 0) is 35.0 Å². The molecule has 0 saturated heterocycles. The number of hydrogen-bond donors (Lipinski definition) is 2. The van der Waals surface area contributed by atoms with Crippen LogP contribution < -0.4 is 11.1 Å². The number of hydrogen-bond acceptors (Lipinski definition) is 2. The minimum Gasteiger partial charge on any atom is -0.395 e. The van der Waals surface area contributed by atoms with Crippen molar-refractivity contribution in [2.75, 3.05) is 17.6 Å². The number of nitrogen functional groups attached to an aromatic ring is 1. The van der Waals surface area contributed by atoms with Gasteiger partial charge in [-0.1, -0.05) is 0 Å². The molecule has 0 aromatic heterocycles. The van der Waals surface area contributed by atoms with E-state index in [4.69, 9.17) is 5.73 Å². The first-order chi connectivity index (χ1) is 5.66. The molecule has 12 heavy (non-hydrogen) atoms. The second-order valence-corrected chi connectivity index (χ2v) is 3.21. The van der Waals surface area contributed by atoms with Gasteiger partial charge in [0.2, 0.25) is 0 Å². The van der Waals surface area contributed by atoms with E-state index in [1.807, 2.05) is 6.92 Å². The Hall–Kier alpha value is -0.770. The van der Waals surface area contributed by atoms with Crippen LogP contribution in [0.4, 0.5) is 15.8 Å². The van der Waals surface area contributed by atoms with E-state index in [0.717, 1.165) is 6.54 Å². The highest BCUT2D eigenvalue weighted by Gasteiger charge is 2.07. The van der Waals surface area contributed by atoms with Gasteiger partial charge < -0.3 is 11.1 Å². The van der Waals surface area contributed by atoms with Gasteiger partial charge in [0, 0.05) is 6.54 Å². The van der Waals surface area contributed by atoms with Crippen molar-refractivity contribution in [2.45, 2.75) is 6.92 Å². The Labute approximate surface area is 79.1 Å². The van der Waals surface area contributed by atoms with Gasteiger partial charge in [-0.15, -0.1) is 0 Å². The zero-order valence-electron chi connectivity index (χ0n) is 6.70. The number of nitrogens with one attached hydrogen (secondary N) is 1. The van der Waals surface area contributed by atoms with Gasteiger partial charge in [-0.3, -0.25) is 0 Å². The summed E-state index contributed by atoms with van der Waals surface area (Å²) in [6.07, 6.45) is 0. The fraction of sp³-hybridized carbons (Fsp3) is 0.250. The van der Waals surface area contributed by atoms with Crippen molar-refractivity contribution < 1.29 is 4.39 Å². The lowest BCUT2D eigenvalue weighted by Gasteiger charge is -2.08. The monoisotopic (exact) mass is 232 g/mol. The van der Waals surface area contributed by atoms with Crippen molar-refractivity contribution in [1.82, 2.24) is 0 Å². The molecule has 0 heterocycles. The van der Waals surface area contributed by atoms with Crippen molar-refractivity contribution in [2.24, 2.45) is 0 Å². The summed E-state index contributed by atoms with van der Waals surface area (Å²) < 4.78 is 13.5. The highest BCUT2D eigenvalue weighted by Crippen LogP contribution is 2.27. The predicted octanol–water partition coefficient (Wildman–Crippen LogP) is 2.60. The number of rotatable bonds is 2. The zero-order valence-corrected chi connectivity index (χ0v) is 8.28. The average molecular weight is 233 g/mol. The summed E-state index contributed by atoms with van der Waals surface area (Å²) in [4.78, 5) is 0. The van der Waals surface area contributed by atoms with Crippen LogP contribution in [0.2, 0.25) is 0 Å². The maximum absolute atomic E-state index is 13.1. The lowest BCUT2D eigenvalue weighted by Crippen LogP contribution is -2.02. The summed E-state index contributed by atoms with van der Waals surface area (Å²) in [5, 5.41) is 2.96. The molecular weight excluding hydrogens is 223 g/mol. The summed E-state index contributed by atoms with van der Waals surface area (Å²) >= 11 is 3.05. The molecule has 0 saturated carbocycles. The van der Waals surface area contributed by atoms with E-state index in [2.05, 4.69) is 21.2 Å². The lowest BCUT2D eigenvalue weighted by molar-refractivity contribution is 0.626. The molecule has 66 valence electrons. The molecule has 4 heteroatoms. The van der Waals surface area contributed by atoms with Gasteiger partial charge in [-0.25, -0.2) is 4.39 Å². The molecule has 0 radical (unpaired) electrons.